The molecule has 3 rings (SSSR count). The van der Waals surface area contributed by atoms with Gasteiger partial charge in [0.1, 0.15) is 6.54 Å². The number of anilines is 1. The number of hydrogen-bond acceptors (Lipinski definition) is 3. The minimum atomic E-state index is -1.13. The minimum Gasteiger partial charge on any atom is -0.545 e. The predicted octanol–water partition coefficient (Wildman–Crippen LogP) is 2.70. The van der Waals surface area contributed by atoms with Crippen LogP contribution in [-0.2, 0) is 11.3 Å². The summed E-state index contributed by atoms with van der Waals surface area (Å²) in [5, 5.41) is 13.2. The molecule has 0 atom stereocenters. The molecule has 0 radical (unpaired) electrons. The maximum atomic E-state index is 12.7. The lowest BCUT2D eigenvalue weighted by Crippen LogP contribution is -2.51. The van der Waals surface area contributed by atoms with E-state index in [1.165, 1.54) is 17.7 Å². The fourth-order valence-electron chi connectivity index (χ4n) is 3.77. The molecule has 0 bridgehead atoms. The minimum absolute atomic E-state index is 0. The van der Waals surface area contributed by atoms with E-state index in [4.69, 9.17) is 0 Å². The van der Waals surface area contributed by atoms with E-state index in [-0.39, 0.29) is 22.4 Å². The summed E-state index contributed by atoms with van der Waals surface area (Å²) in [4.78, 5) is 22.8. The Morgan fingerprint density at radius 2 is 1.26 bits per heavy atom. The van der Waals surface area contributed by atoms with Gasteiger partial charge in [0, 0.05) is 11.3 Å². The van der Waals surface area contributed by atoms with Gasteiger partial charge in [0.2, 0.25) is 0 Å². The number of nitrogens with zero attached hydrogens (tertiary/aromatic N) is 1. The van der Waals surface area contributed by atoms with Crippen molar-refractivity contribution in [3.05, 3.63) is 101 Å². The Labute approximate surface area is 208 Å². The summed E-state index contributed by atoms with van der Waals surface area (Å²) in [5.74, 6) is -1.04. The lowest BCUT2D eigenvalue weighted by molar-refractivity contribution is -0.930. The van der Waals surface area contributed by atoms with Crippen LogP contribution in [0.2, 0.25) is 0 Å². The molecule has 1 amide bonds. The standard InChI is InChI=1S/C21H28N2O.C7H6O2.2H2O/c1-5-23(6-2,15-19-13-8-7-9-14-19)16-20(24)22-21-17(3)11-10-12-18(21)4;8-7(9)6-4-2-1-3-5-6;;/h7-14H,5-6,15-16H2,1-4H3;1-5H,(H,8,9);2*1H2. The number of hydrogen-bond donors (Lipinski definition) is 1. The summed E-state index contributed by atoms with van der Waals surface area (Å²) >= 11 is 0. The Balaban J connectivity index is 0.000000890. The number of benzene rings is 3. The van der Waals surface area contributed by atoms with Crippen LogP contribution in [0.1, 0.15) is 40.9 Å². The number of aryl methyl sites for hydroxylation is 2. The van der Waals surface area contributed by atoms with Crippen molar-refractivity contribution in [1.82, 2.24) is 0 Å². The van der Waals surface area contributed by atoms with Crippen molar-refractivity contribution in [3.8, 4) is 0 Å². The molecule has 0 aliphatic heterocycles. The molecule has 0 fully saturated rings. The number of carboxylic acid groups (broad SMARTS) is 1. The van der Waals surface area contributed by atoms with Gasteiger partial charge < -0.3 is 30.7 Å². The van der Waals surface area contributed by atoms with Crippen molar-refractivity contribution in [2.45, 2.75) is 34.2 Å². The van der Waals surface area contributed by atoms with Gasteiger partial charge in [-0.05, 0) is 44.4 Å². The van der Waals surface area contributed by atoms with E-state index in [0.29, 0.717) is 6.54 Å². The highest BCUT2D eigenvalue weighted by Crippen LogP contribution is 2.20. The summed E-state index contributed by atoms with van der Waals surface area (Å²) in [6.07, 6.45) is 0. The molecule has 0 unspecified atom stereocenters. The number of carbonyl (C=O) groups excluding carboxylic acids is 2. The number of amides is 1. The topological polar surface area (TPSA) is 132 Å². The predicted molar refractivity (Wildman–Crippen MR) is 139 cm³/mol. The van der Waals surface area contributed by atoms with E-state index < -0.39 is 5.97 Å². The molecule has 5 N–H and O–H groups in total. The van der Waals surface area contributed by atoms with Crippen molar-refractivity contribution >= 4 is 17.6 Å². The monoisotopic (exact) mass is 482 g/mol. The zero-order valence-electron chi connectivity index (χ0n) is 21.0. The Morgan fingerprint density at radius 1 is 0.771 bits per heavy atom. The maximum absolute atomic E-state index is 12.7. The third-order valence-corrected chi connectivity index (χ3v) is 5.94. The summed E-state index contributed by atoms with van der Waals surface area (Å²) in [7, 11) is 0. The number of carbonyl (C=O) groups is 2. The first kappa shape index (κ1) is 31.5. The molecule has 0 heterocycles. The van der Waals surface area contributed by atoms with Crippen LogP contribution in [0, 0.1) is 13.8 Å². The molecule has 0 aliphatic rings. The average Bonchev–Trinajstić information content (AvgIpc) is 2.82. The van der Waals surface area contributed by atoms with Gasteiger partial charge in [0.15, 0.2) is 6.54 Å². The summed E-state index contributed by atoms with van der Waals surface area (Å²) in [5.41, 5.74) is 4.67. The lowest BCUT2D eigenvalue weighted by atomic mass is 10.1. The van der Waals surface area contributed by atoms with Crippen molar-refractivity contribution in [2.24, 2.45) is 0 Å². The number of rotatable bonds is 8. The molecule has 0 aliphatic carbocycles. The normalized spacial score (nSPS) is 10.1. The molecule has 0 saturated heterocycles. The van der Waals surface area contributed by atoms with Gasteiger partial charge >= 0.3 is 0 Å². The van der Waals surface area contributed by atoms with E-state index >= 15 is 0 Å². The van der Waals surface area contributed by atoms with Crippen LogP contribution < -0.4 is 10.4 Å². The van der Waals surface area contributed by atoms with E-state index in [0.717, 1.165) is 40.9 Å². The molecule has 7 heteroatoms. The molecule has 35 heavy (non-hydrogen) atoms. The first-order valence-corrected chi connectivity index (χ1v) is 11.3. The van der Waals surface area contributed by atoms with E-state index in [2.05, 4.69) is 43.4 Å². The van der Waals surface area contributed by atoms with E-state index in [9.17, 15) is 14.7 Å². The van der Waals surface area contributed by atoms with E-state index in [1.807, 2.05) is 38.1 Å². The van der Waals surface area contributed by atoms with Gasteiger partial charge in [-0.1, -0.05) is 78.9 Å². The SMILES string of the molecule is CC[N+](CC)(CC(=O)Nc1c(C)cccc1C)Cc1ccccc1.O.O.O=C([O-])c1ccccc1. The third kappa shape index (κ3) is 9.70. The lowest BCUT2D eigenvalue weighted by Gasteiger charge is -2.36. The molecule has 7 nitrogen and oxygen atoms in total. The van der Waals surface area contributed by atoms with Gasteiger partial charge in [-0.25, -0.2) is 0 Å². The first-order chi connectivity index (χ1) is 15.8. The third-order valence-electron chi connectivity index (χ3n) is 5.94. The highest BCUT2D eigenvalue weighted by Gasteiger charge is 2.27. The highest BCUT2D eigenvalue weighted by atomic mass is 16.4. The van der Waals surface area contributed by atoms with Gasteiger partial charge in [-0.2, -0.15) is 0 Å². The number of para-hydroxylation sites is 1. The molecule has 190 valence electrons. The van der Waals surface area contributed by atoms with Crippen LogP contribution in [0.4, 0.5) is 5.69 Å². The second-order valence-electron chi connectivity index (χ2n) is 8.24. The zero-order chi connectivity index (χ0) is 24.3. The van der Waals surface area contributed by atoms with Gasteiger partial charge in [0.25, 0.3) is 5.91 Å². The molecule has 3 aromatic carbocycles. The molecular formula is C28H38N2O5. The molecule has 0 saturated carbocycles. The number of carboxylic acids is 1. The van der Waals surface area contributed by atoms with Gasteiger partial charge in [-0.15, -0.1) is 0 Å². The number of nitrogens with one attached hydrogen (secondary N) is 1. The quantitative estimate of drug-likeness (QED) is 0.495. The fraction of sp³-hybridized carbons (Fsp3) is 0.286. The first-order valence-electron chi connectivity index (χ1n) is 11.3. The molecule has 3 aromatic rings. The van der Waals surface area contributed by atoms with Crippen LogP contribution in [0.15, 0.2) is 78.9 Å². The number of likely N-dealkylation sites (N-methyl/N-ethyl adjacent to an activating group) is 1. The number of quaternary nitrogens is 1. The van der Waals surface area contributed by atoms with Gasteiger partial charge in [-0.3, -0.25) is 4.79 Å². The van der Waals surface area contributed by atoms with Crippen molar-refractivity contribution in [2.75, 3.05) is 25.0 Å². The van der Waals surface area contributed by atoms with Crippen LogP contribution >= 0.6 is 0 Å². The van der Waals surface area contributed by atoms with Crippen LogP contribution in [0.5, 0.6) is 0 Å². The summed E-state index contributed by atoms with van der Waals surface area (Å²) < 4.78 is 0.765. The Kier molecular flexibility index (Phi) is 13.8. The van der Waals surface area contributed by atoms with Crippen LogP contribution in [0.3, 0.4) is 0 Å². The average molecular weight is 483 g/mol. The molecular weight excluding hydrogens is 444 g/mol. The number of aromatic carboxylic acids is 1. The van der Waals surface area contributed by atoms with Crippen molar-refractivity contribution < 1.29 is 30.1 Å². The van der Waals surface area contributed by atoms with Crippen LogP contribution in [-0.4, -0.2) is 46.9 Å². The van der Waals surface area contributed by atoms with Gasteiger partial charge in [0.05, 0.1) is 19.1 Å². The fourth-order valence-corrected chi connectivity index (χ4v) is 3.77. The second-order valence-corrected chi connectivity index (χ2v) is 8.24. The van der Waals surface area contributed by atoms with Crippen LogP contribution in [0.25, 0.3) is 0 Å². The molecule has 0 aromatic heterocycles. The Hall–Kier alpha value is -3.52. The zero-order valence-corrected chi connectivity index (χ0v) is 21.0. The summed E-state index contributed by atoms with van der Waals surface area (Å²) in [6.45, 7) is 11.7. The van der Waals surface area contributed by atoms with Crippen molar-refractivity contribution in [3.63, 3.8) is 0 Å². The molecule has 0 spiro atoms. The Bertz CT molecular complexity index is 1020. The Morgan fingerprint density at radius 3 is 1.69 bits per heavy atom. The second kappa shape index (κ2) is 15.4. The highest BCUT2D eigenvalue weighted by molar-refractivity contribution is 5.93. The van der Waals surface area contributed by atoms with E-state index in [1.54, 1.807) is 18.2 Å². The summed E-state index contributed by atoms with van der Waals surface area (Å²) in [6, 6.07) is 24.6. The maximum Gasteiger partial charge on any atom is 0.279 e. The smallest absolute Gasteiger partial charge is 0.279 e. The van der Waals surface area contributed by atoms with Crippen molar-refractivity contribution in [1.29, 1.82) is 0 Å². The largest absolute Gasteiger partial charge is 0.545 e.